The highest BCUT2D eigenvalue weighted by Gasteiger charge is 2.35. The van der Waals surface area contributed by atoms with Crippen molar-refractivity contribution in [3.8, 4) is 0 Å². The predicted molar refractivity (Wildman–Crippen MR) is 83.5 cm³/mol. The molecule has 22 heavy (non-hydrogen) atoms. The molecule has 0 N–H and O–H groups in total. The normalized spacial score (nSPS) is 24.0. The first kappa shape index (κ1) is 15.5. The van der Waals surface area contributed by atoms with E-state index in [2.05, 4.69) is 31.0 Å². The molecule has 0 unspecified atom stereocenters. The van der Waals surface area contributed by atoms with Gasteiger partial charge in [0.2, 0.25) is 17.7 Å². The van der Waals surface area contributed by atoms with Gasteiger partial charge in [0, 0.05) is 24.4 Å². The van der Waals surface area contributed by atoms with Crippen LogP contribution in [0.4, 0.5) is 0 Å². The second kappa shape index (κ2) is 6.01. The van der Waals surface area contributed by atoms with Crippen LogP contribution in [-0.4, -0.2) is 34.1 Å². The van der Waals surface area contributed by atoms with Gasteiger partial charge in [-0.3, -0.25) is 4.79 Å². The monoisotopic (exact) mass is 305 g/mol. The Hall–Kier alpha value is -1.39. The zero-order valence-corrected chi connectivity index (χ0v) is 14.0. The lowest BCUT2D eigenvalue weighted by Crippen LogP contribution is -2.35. The van der Waals surface area contributed by atoms with E-state index in [9.17, 15) is 4.79 Å². The Kier molecular flexibility index (Phi) is 4.24. The van der Waals surface area contributed by atoms with Gasteiger partial charge in [0.15, 0.2) is 0 Å². The van der Waals surface area contributed by atoms with Crippen molar-refractivity contribution in [2.75, 3.05) is 13.1 Å². The standard InChI is InChI=1S/C17H27N3O2/c1-17(2,3)16-19-18-14(22-16)13-9-10-20(11-13)15(21)12-7-5-4-6-8-12/h12-13H,4-11H2,1-3H3/t13-/m0/s1. The molecular weight excluding hydrogens is 278 g/mol. The highest BCUT2D eigenvalue weighted by atomic mass is 16.4. The molecule has 0 aromatic carbocycles. The third-order valence-electron chi connectivity index (χ3n) is 4.89. The van der Waals surface area contributed by atoms with Gasteiger partial charge in [-0.2, -0.15) is 0 Å². The van der Waals surface area contributed by atoms with Gasteiger partial charge >= 0.3 is 0 Å². The predicted octanol–water partition coefficient (Wildman–Crippen LogP) is 3.26. The molecule has 1 atom stereocenters. The number of hydrogen-bond donors (Lipinski definition) is 0. The largest absolute Gasteiger partial charge is 0.424 e. The molecule has 2 aliphatic rings. The van der Waals surface area contributed by atoms with E-state index >= 15 is 0 Å². The van der Waals surface area contributed by atoms with Gasteiger partial charge in [0.05, 0.1) is 5.92 Å². The molecule has 0 spiro atoms. The summed E-state index contributed by atoms with van der Waals surface area (Å²) in [6, 6.07) is 0. The third-order valence-corrected chi connectivity index (χ3v) is 4.89. The van der Waals surface area contributed by atoms with Gasteiger partial charge in [0.1, 0.15) is 0 Å². The van der Waals surface area contributed by atoms with E-state index < -0.39 is 0 Å². The fourth-order valence-electron chi connectivity index (χ4n) is 3.47. The first-order chi connectivity index (χ1) is 10.4. The van der Waals surface area contributed by atoms with Gasteiger partial charge in [-0.15, -0.1) is 10.2 Å². The van der Waals surface area contributed by atoms with Crippen molar-refractivity contribution < 1.29 is 9.21 Å². The first-order valence-corrected chi connectivity index (χ1v) is 8.58. The van der Waals surface area contributed by atoms with Gasteiger partial charge in [0.25, 0.3) is 0 Å². The van der Waals surface area contributed by atoms with Gasteiger partial charge < -0.3 is 9.32 Å². The van der Waals surface area contributed by atoms with Crippen LogP contribution >= 0.6 is 0 Å². The Balaban J connectivity index is 1.62. The summed E-state index contributed by atoms with van der Waals surface area (Å²) in [7, 11) is 0. The summed E-state index contributed by atoms with van der Waals surface area (Å²) >= 11 is 0. The molecule has 1 aromatic rings. The van der Waals surface area contributed by atoms with E-state index in [4.69, 9.17) is 4.42 Å². The first-order valence-electron chi connectivity index (χ1n) is 8.58. The van der Waals surface area contributed by atoms with Crippen molar-refractivity contribution in [1.29, 1.82) is 0 Å². The minimum atomic E-state index is -0.124. The van der Waals surface area contributed by atoms with Crippen LogP contribution in [0.15, 0.2) is 4.42 Å². The molecule has 5 heteroatoms. The van der Waals surface area contributed by atoms with Crippen molar-refractivity contribution in [1.82, 2.24) is 15.1 Å². The van der Waals surface area contributed by atoms with Gasteiger partial charge in [-0.25, -0.2) is 0 Å². The highest BCUT2D eigenvalue weighted by Crippen LogP contribution is 2.32. The molecule has 1 aliphatic carbocycles. The van der Waals surface area contributed by atoms with Crippen LogP contribution in [-0.2, 0) is 10.2 Å². The molecular formula is C17H27N3O2. The van der Waals surface area contributed by atoms with Crippen LogP contribution in [0, 0.1) is 5.92 Å². The summed E-state index contributed by atoms with van der Waals surface area (Å²) in [5.74, 6) is 2.18. The number of rotatable bonds is 2. The van der Waals surface area contributed by atoms with E-state index in [0.29, 0.717) is 17.7 Å². The average Bonchev–Trinajstić information content (AvgIpc) is 3.15. The minimum absolute atomic E-state index is 0.124. The number of amides is 1. The second-order valence-corrected chi connectivity index (χ2v) is 7.80. The molecule has 2 heterocycles. The van der Waals surface area contributed by atoms with Crippen LogP contribution in [0.25, 0.3) is 0 Å². The Morgan fingerprint density at radius 2 is 1.86 bits per heavy atom. The maximum absolute atomic E-state index is 12.6. The fourth-order valence-corrected chi connectivity index (χ4v) is 3.47. The maximum Gasteiger partial charge on any atom is 0.225 e. The van der Waals surface area contributed by atoms with Gasteiger partial charge in [-0.1, -0.05) is 40.0 Å². The minimum Gasteiger partial charge on any atom is -0.424 e. The third kappa shape index (κ3) is 3.18. The molecule has 1 saturated carbocycles. The topological polar surface area (TPSA) is 59.2 Å². The van der Waals surface area contributed by atoms with E-state index in [1.54, 1.807) is 0 Å². The van der Waals surface area contributed by atoms with Crippen molar-refractivity contribution in [2.45, 2.75) is 70.6 Å². The summed E-state index contributed by atoms with van der Waals surface area (Å²) in [4.78, 5) is 14.6. The molecule has 122 valence electrons. The van der Waals surface area contributed by atoms with Crippen molar-refractivity contribution >= 4 is 5.91 Å². The summed E-state index contributed by atoms with van der Waals surface area (Å²) in [6.07, 6.45) is 6.75. The van der Waals surface area contributed by atoms with Crippen molar-refractivity contribution in [3.05, 3.63) is 11.8 Å². The molecule has 1 saturated heterocycles. The number of hydrogen-bond acceptors (Lipinski definition) is 4. The number of carbonyl (C=O) groups is 1. The molecule has 2 fully saturated rings. The van der Waals surface area contributed by atoms with Crippen molar-refractivity contribution in [3.63, 3.8) is 0 Å². The number of nitrogens with zero attached hydrogens (tertiary/aromatic N) is 3. The van der Waals surface area contributed by atoms with Crippen LogP contribution in [0.2, 0.25) is 0 Å². The lowest BCUT2D eigenvalue weighted by Gasteiger charge is -2.26. The Bertz CT molecular complexity index is 526. The number of likely N-dealkylation sites (tertiary alicyclic amines) is 1. The Morgan fingerprint density at radius 1 is 1.14 bits per heavy atom. The van der Waals surface area contributed by atoms with Crippen LogP contribution < -0.4 is 0 Å². The van der Waals surface area contributed by atoms with Gasteiger partial charge in [-0.05, 0) is 19.3 Å². The summed E-state index contributed by atoms with van der Waals surface area (Å²) in [5.41, 5.74) is -0.124. The number of aromatic nitrogens is 2. The zero-order valence-electron chi connectivity index (χ0n) is 14.0. The average molecular weight is 305 g/mol. The molecule has 0 bridgehead atoms. The Labute approximate surface area is 132 Å². The van der Waals surface area contributed by atoms with E-state index in [1.807, 2.05) is 4.90 Å². The van der Waals surface area contributed by atoms with Crippen LogP contribution in [0.3, 0.4) is 0 Å². The summed E-state index contributed by atoms with van der Waals surface area (Å²) < 4.78 is 5.85. The Morgan fingerprint density at radius 3 is 2.50 bits per heavy atom. The van der Waals surface area contributed by atoms with E-state index in [0.717, 1.165) is 32.4 Å². The quantitative estimate of drug-likeness (QED) is 0.841. The molecule has 3 rings (SSSR count). The lowest BCUT2D eigenvalue weighted by atomic mass is 9.88. The van der Waals surface area contributed by atoms with E-state index in [-0.39, 0.29) is 17.3 Å². The van der Waals surface area contributed by atoms with Crippen LogP contribution in [0.5, 0.6) is 0 Å². The summed E-state index contributed by atoms with van der Waals surface area (Å²) in [6.45, 7) is 7.77. The lowest BCUT2D eigenvalue weighted by molar-refractivity contribution is -0.135. The van der Waals surface area contributed by atoms with Crippen molar-refractivity contribution in [2.24, 2.45) is 5.92 Å². The smallest absolute Gasteiger partial charge is 0.225 e. The fraction of sp³-hybridized carbons (Fsp3) is 0.824. The molecule has 0 radical (unpaired) electrons. The second-order valence-electron chi connectivity index (χ2n) is 7.80. The zero-order chi connectivity index (χ0) is 15.7. The molecule has 5 nitrogen and oxygen atoms in total. The molecule has 1 aliphatic heterocycles. The SMILES string of the molecule is CC(C)(C)c1nnc([C@H]2CCN(C(=O)C3CCCCC3)C2)o1. The summed E-state index contributed by atoms with van der Waals surface area (Å²) in [5, 5.41) is 8.39. The van der Waals surface area contributed by atoms with Crippen LogP contribution in [0.1, 0.15) is 77.0 Å². The van der Waals surface area contributed by atoms with E-state index in [1.165, 1.54) is 19.3 Å². The number of carbonyl (C=O) groups excluding carboxylic acids is 1. The highest BCUT2D eigenvalue weighted by molar-refractivity contribution is 5.79. The maximum atomic E-state index is 12.6. The molecule has 1 aromatic heterocycles. The molecule has 1 amide bonds.